The topological polar surface area (TPSA) is 37.3 Å². The van der Waals surface area contributed by atoms with E-state index in [9.17, 15) is 4.79 Å². The van der Waals surface area contributed by atoms with Gasteiger partial charge in [0, 0.05) is 5.88 Å². The molecule has 0 bridgehead atoms. The third kappa shape index (κ3) is 13.9. The van der Waals surface area contributed by atoms with Crippen LogP contribution >= 0.6 is 46.4 Å². The van der Waals surface area contributed by atoms with Crippen LogP contribution in [0.25, 0.3) is 0 Å². The molecule has 0 aromatic rings. The van der Waals surface area contributed by atoms with Crippen LogP contribution in [0.3, 0.4) is 0 Å². The molecule has 0 aliphatic rings. The molecule has 0 aromatic heterocycles. The molecule has 144 valence electrons. The van der Waals surface area contributed by atoms with E-state index in [4.69, 9.17) is 51.5 Å². The molecule has 2 nitrogen and oxygen atoms in total. The minimum atomic E-state index is -1.12. The lowest BCUT2D eigenvalue weighted by molar-refractivity contribution is -0.136. The van der Waals surface area contributed by atoms with Gasteiger partial charge in [-0.1, -0.05) is 70.6 Å². The first-order valence-corrected chi connectivity index (χ1v) is 11.1. The van der Waals surface area contributed by atoms with Gasteiger partial charge in [-0.25, -0.2) is 0 Å². The summed E-state index contributed by atoms with van der Waals surface area (Å²) in [6.45, 7) is 0. The number of carboxylic acids is 1. The molecular formula is C18H32Cl4O2. The Hall–Kier alpha value is 0.630. The van der Waals surface area contributed by atoms with Crippen molar-refractivity contribution in [1.29, 1.82) is 0 Å². The number of unbranched alkanes of at least 4 members (excludes halogenated alkanes) is 11. The molecule has 0 rings (SSSR count). The van der Waals surface area contributed by atoms with Gasteiger partial charge in [0.1, 0.15) is 5.38 Å². The van der Waals surface area contributed by atoms with Gasteiger partial charge in [-0.05, 0) is 12.8 Å². The van der Waals surface area contributed by atoms with E-state index in [2.05, 4.69) is 0 Å². The Labute approximate surface area is 167 Å². The molecule has 0 amide bonds. The highest BCUT2D eigenvalue weighted by Gasteiger charge is 2.29. The van der Waals surface area contributed by atoms with Gasteiger partial charge in [-0.15, -0.1) is 46.4 Å². The van der Waals surface area contributed by atoms with Gasteiger partial charge in [0.25, 0.3) is 0 Å². The van der Waals surface area contributed by atoms with Crippen LogP contribution in [0.4, 0.5) is 0 Å². The molecular weight excluding hydrogens is 390 g/mol. The summed E-state index contributed by atoms with van der Waals surface area (Å²) in [7, 11) is 0. The zero-order valence-corrected chi connectivity index (χ0v) is 17.5. The summed E-state index contributed by atoms with van der Waals surface area (Å²) in [6.07, 6.45) is 15.7. The molecule has 6 heteroatoms. The molecule has 0 saturated heterocycles. The normalized spacial score (nSPS) is 15.2. The predicted molar refractivity (Wildman–Crippen MR) is 107 cm³/mol. The summed E-state index contributed by atoms with van der Waals surface area (Å²) in [5.74, 6) is -0.316. The standard InChI is InChI=1S/C18H32Cl4O2/c19-14-12-10-8-6-4-2-1-3-5-7-9-11-13-15(20)16(21)17(22)18(23)24/h15-17H,1-14H2,(H,23,24). The fraction of sp³-hybridized carbons (Fsp3) is 0.944. The van der Waals surface area contributed by atoms with Gasteiger partial charge in [-0.3, -0.25) is 4.79 Å². The van der Waals surface area contributed by atoms with Crippen LogP contribution in [-0.2, 0) is 4.79 Å². The van der Waals surface area contributed by atoms with Crippen LogP contribution in [0, 0.1) is 0 Å². The Kier molecular flexibility index (Phi) is 17.5. The molecule has 3 unspecified atom stereocenters. The van der Waals surface area contributed by atoms with Gasteiger partial charge >= 0.3 is 5.97 Å². The Balaban J connectivity index is 3.34. The van der Waals surface area contributed by atoms with Gasteiger partial charge in [-0.2, -0.15) is 0 Å². The molecule has 0 radical (unpaired) electrons. The van der Waals surface area contributed by atoms with E-state index in [-0.39, 0.29) is 5.38 Å². The average molecular weight is 422 g/mol. The highest BCUT2D eigenvalue weighted by atomic mass is 35.5. The third-order valence-electron chi connectivity index (χ3n) is 4.22. The number of carbonyl (C=O) groups is 1. The van der Waals surface area contributed by atoms with Crippen molar-refractivity contribution in [3.63, 3.8) is 0 Å². The van der Waals surface area contributed by atoms with E-state index in [1.807, 2.05) is 0 Å². The number of carboxylic acid groups (broad SMARTS) is 1. The van der Waals surface area contributed by atoms with Crippen LogP contribution in [0.1, 0.15) is 83.5 Å². The van der Waals surface area contributed by atoms with Crippen LogP contribution in [0.15, 0.2) is 0 Å². The van der Waals surface area contributed by atoms with Crippen molar-refractivity contribution < 1.29 is 9.90 Å². The number of hydrogen-bond acceptors (Lipinski definition) is 1. The van der Waals surface area contributed by atoms with Gasteiger partial charge < -0.3 is 5.11 Å². The number of halogens is 4. The first kappa shape index (κ1) is 24.6. The zero-order chi connectivity index (χ0) is 18.2. The molecule has 0 aliphatic carbocycles. The van der Waals surface area contributed by atoms with Crippen LogP contribution in [0.2, 0.25) is 0 Å². The minimum absolute atomic E-state index is 0.385. The van der Waals surface area contributed by atoms with Crippen molar-refractivity contribution in [3.8, 4) is 0 Å². The Morgan fingerprint density at radius 2 is 1.08 bits per heavy atom. The van der Waals surface area contributed by atoms with Crippen molar-refractivity contribution in [1.82, 2.24) is 0 Å². The van der Waals surface area contributed by atoms with Crippen LogP contribution in [-0.4, -0.2) is 33.1 Å². The maximum atomic E-state index is 10.8. The summed E-state index contributed by atoms with van der Waals surface area (Å²) >= 11 is 23.5. The van der Waals surface area contributed by atoms with Crippen LogP contribution < -0.4 is 0 Å². The van der Waals surface area contributed by atoms with E-state index in [0.717, 1.165) is 25.1 Å². The first-order valence-electron chi connectivity index (χ1n) is 9.21. The summed E-state index contributed by atoms with van der Waals surface area (Å²) in [5, 5.41) is 6.57. The Morgan fingerprint density at radius 3 is 1.46 bits per heavy atom. The van der Waals surface area contributed by atoms with E-state index >= 15 is 0 Å². The van der Waals surface area contributed by atoms with Crippen LogP contribution in [0.5, 0.6) is 0 Å². The maximum absolute atomic E-state index is 10.8. The Bertz CT molecular complexity index is 303. The number of hydrogen-bond donors (Lipinski definition) is 1. The summed E-state index contributed by atoms with van der Waals surface area (Å²) in [6, 6.07) is 0. The minimum Gasteiger partial charge on any atom is -0.480 e. The number of rotatable bonds is 17. The predicted octanol–water partition coefficient (Wildman–Crippen LogP) is 7.20. The number of aliphatic carboxylic acids is 1. The molecule has 24 heavy (non-hydrogen) atoms. The molecule has 0 aliphatic heterocycles. The Morgan fingerprint density at radius 1 is 0.708 bits per heavy atom. The van der Waals surface area contributed by atoms with Crippen molar-refractivity contribution in [2.24, 2.45) is 0 Å². The van der Waals surface area contributed by atoms with E-state index in [0.29, 0.717) is 6.42 Å². The maximum Gasteiger partial charge on any atom is 0.323 e. The second-order valence-corrected chi connectivity index (χ2v) is 8.33. The number of alkyl halides is 4. The summed E-state index contributed by atoms with van der Waals surface area (Å²) < 4.78 is 0. The van der Waals surface area contributed by atoms with Gasteiger partial charge in [0.15, 0.2) is 0 Å². The van der Waals surface area contributed by atoms with Crippen molar-refractivity contribution in [2.45, 2.75) is 99.6 Å². The third-order valence-corrected chi connectivity index (χ3v) is 6.25. The fourth-order valence-electron chi connectivity index (χ4n) is 2.68. The molecule has 0 fully saturated rings. The molecule has 1 N–H and O–H groups in total. The van der Waals surface area contributed by atoms with E-state index in [1.54, 1.807) is 0 Å². The zero-order valence-electron chi connectivity index (χ0n) is 14.5. The SMILES string of the molecule is O=C(O)C(Cl)C(Cl)C(Cl)CCCCCCCCCCCCCCCl. The quantitative estimate of drug-likeness (QED) is 0.199. The lowest BCUT2D eigenvalue weighted by atomic mass is 10.0. The largest absolute Gasteiger partial charge is 0.480 e. The highest BCUT2D eigenvalue weighted by Crippen LogP contribution is 2.23. The lowest BCUT2D eigenvalue weighted by Crippen LogP contribution is -2.31. The molecule has 0 aromatic carbocycles. The molecule has 0 heterocycles. The molecule has 3 atom stereocenters. The molecule has 0 spiro atoms. The monoisotopic (exact) mass is 420 g/mol. The van der Waals surface area contributed by atoms with E-state index in [1.165, 1.54) is 57.8 Å². The second kappa shape index (κ2) is 17.1. The fourth-order valence-corrected chi connectivity index (χ4v) is 3.65. The summed E-state index contributed by atoms with van der Waals surface area (Å²) in [4.78, 5) is 10.8. The smallest absolute Gasteiger partial charge is 0.323 e. The average Bonchev–Trinajstić information content (AvgIpc) is 2.57. The van der Waals surface area contributed by atoms with Crippen molar-refractivity contribution >= 4 is 52.4 Å². The second-order valence-electron chi connectivity index (χ2n) is 6.42. The lowest BCUT2D eigenvalue weighted by Gasteiger charge is -2.17. The molecule has 0 saturated carbocycles. The highest BCUT2D eigenvalue weighted by molar-refractivity contribution is 6.39. The van der Waals surface area contributed by atoms with Gasteiger partial charge in [0.05, 0.1) is 10.8 Å². The van der Waals surface area contributed by atoms with E-state index < -0.39 is 16.7 Å². The summed E-state index contributed by atoms with van der Waals surface area (Å²) in [5.41, 5.74) is 0. The van der Waals surface area contributed by atoms with Gasteiger partial charge in [0.2, 0.25) is 0 Å². The van der Waals surface area contributed by atoms with Crippen molar-refractivity contribution in [3.05, 3.63) is 0 Å². The van der Waals surface area contributed by atoms with Crippen molar-refractivity contribution in [2.75, 3.05) is 5.88 Å². The first-order chi connectivity index (χ1) is 11.5.